The van der Waals surface area contributed by atoms with E-state index >= 15 is 0 Å². The second-order valence-electron chi connectivity index (χ2n) is 10.7. The maximum atomic E-state index is 14.0. The van der Waals surface area contributed by atoms with Gasteiger partial charge in [-0.15, -0.1) is 0 Å². The van der Waals surface area contributed by atoms with Crippen LogP contribution in [0.4, 0.5) is 13.2 Å². The number of carbonyl (C=O) groups is 3. The molecule has 5 rings (SSSR count). The Kier molecular flexibility index (Phi) is 8.45. The predicted octanol–water partition coefficient (Wildman–Crippen LogP) is 4.81. The topological polar surface area (TPSA) is 88.2 Å². The molecule has 1 N–H and O–H groups in total. The van der Waals surface area contributed by atoms with Gasteiger partial charge < -0.3 is 19.7 Å². The minimum atomic E-state index is -4.51. The van der Waals surface area contributed by atoms with E-state index < -0.39 is 35.3 Å². The summed E-state index contributed by atoms with van der Waals surface area (Å²) in [5, 5.41) is 2.69. The number of nitrogens with zero attached hydrogens (tertiary/aromatic N) is 2. The fraction of sp³-hybridized carbons (Fsp3) is 0.344. The normalized spacial score (nSPS) is 18.0. The highest BCUT2D eigenvalue weighted by molar-refractivity contribution is 5.99. The van der Waals surface area contributed by atoms with E-state index in [0.717, 1.165) is 17.7 Å². The van der Waals surface area contributed by atoms with Gasteiger partial charge in [0, 0.05) is 43.6 Å². The first kappa shape index (κ1) is 30.1. The van der Waals surface area contributed by atoms with E-state index in [-0.39, 0.29) is 37.5 Å². The molecule has 0 bridgehead atoms. The Morgan fingerprint density at radius 3 is 2.33 bits per heavy atom. The van der Waals surface area contributed by atoms with Crippen LogP contribution in [0.3, 0.4) is 0 Å². The van der Waals surface area contributed by atoms with Crippen LogP contribution in [0, 0.1) is 6.92 Å². The van der Waals surface area contributed by atoms with Crippen LogP contribution in [-0.4, -0.2) is 66.1 Å². The maximum absolute atomic E-state index is 14.0. The molecule has 0 saturated carbocycles. The van der Waals surface area contributed by atoms with Crippen molar-refractivity contribution in [2.24, 2.45) is 0 Å². The van der Waals surface area contributed by atoms with Gasteiger partial charge in [0.05, 0.1) is 19.3 Å². The zero-order valence-electron chi connectivity index (χ0n) is 23.8. The van der Waals surface area contributed by atoms with Gasteiger partial charge in [-0.3, -0.25) is 19.3 Å². The highest BCUT2D eigenvalue weighted by atomic mass is 19.4. The Morgan fingerprint density at radius 1 is 0.977 bits per heavy atom. The highest BCUT2D eigenvalue weighted by Gasteiger charge is 2.54. The molecule has 2 aliphatic heterocycles. The lowest BCUT2D eigenvalue weighted by Crippen LogP contribution is -2.59. The van der Waals surface area contributed by atoms with E-state index in [4.69, 9.17) is 9.47 Å². The van der Waals surface area contributed by atoms with Gasteiger partial charge >= 0.3 is 6.18 Å². The molecule has 0 aromatic heterocycles. The molecule has 3 aromatic carbocycles. The van der Waals surface area contributed by atoms with Crippen molar-refractivity contribution in [1.29, 1.82) is 0 Å². The van der Waals surface area contributed by atoms with Crippen molar-refractivity contribution in [3.05, 3.63) is 101 Å². The predicted molar refractivity (Wildman–Crippen MR) is 151 cm³/mol. The van der Waals surface area contributed by atoms with Crippen LogP contribution in [0.25, 0.3) is 0 Å². The van der Waals surface area contributed by atoms with E-state index in [1.165, 1.54) is 24.1 Å². The van der Waals surface area contributed by atoms with Crippen LogP contribution >= 0.6 is 0 Å². The molecule has 3 aromatic rings. The molecular formula is C32H32F3N3O5. The number of hydrogen-bond donors (Lipinski definition) is 1. The SMILES string of the molecule is COc1ccc(C(=O)N2C(C(=O)NCc3cccc(C(F)(F)F)c3)COC23CCN(C(=O)c2ccccc2C)CC3)cc1. The molecule has 2 aliphatic rings. The summed E-state index contributed by atoms with van der Waals surface area (Å²) in [6, 6.07) is 17.5. The quantitative estimate of drug-likeness (QED) is 0.442. The summed E-state index contributed by atoms with van der Waals surface area (Å²) in [5.41, 5.74) is 0.0958. The zero-order chi connectivity index (χ0) is 30.8. The van der Waals surface area contributed by atoms with Crippen LogP contribution in [0.15, 0.2) is 72.8 Å². The van der Waals surface area contributed by atoms with E-state index in [9.17, 15) is 27.6 Å². The monoisotopic (exact) mass is 595 g/mol. The first-order chi connectivity index (χ1) is 20.5. The summed E-state index contributed by atoms with van der Waals surface area (Å²) in [4.78, 5) is 43.9. The molecule has 0 radical (unpaired) electrons. The number of halogens is 3. The van der Waals surface area contributed by atoms with Gasteiger partial charge in [0.25, 0.3) is 11.8 Å². The van der Waals surface area contributed by atoms with Crippen LogP contribution in [0.1, 0.15) is 50.2 Å². The molecule has 2 fully saturated rings. The Balaban J connectivity index is 1.36. The molecule has 11 heteroatoms. The van der Waals surface area contributed by atoms with Crippen LogP contribution < -0.4 is 10.1 Å². The summed E-state index contributed by atoms with van der Waals surface area (Å²) in [6.45, 7) is 2.23. The van der Waals surface area contributed by atoms with Crippen molar-refractivity contribution >= 4 is 17.7 Å². The molecule has 3 amide bonds. The smallest absolute Gasteiger partial charge is 0.416 e. The molecule has 1 unspecified atom stereocenters. The molecule has 1 atom stereocenters. The molecule has 43 heavy (non-hydrogen) atoms. The van der Waals surface area contributed by atoms with Gasteiger partial charge in [0.1, 0.15) is 17.5 Å². The standard InChI is InChI=1S/C32H32F3N3O5/c1-21-6-3-4-9-26(21)30(41)37-16-14-31(15-17-37)38(29(40)23-10-12-25(42-2)13-11-23)27(20-43-31)28(39)36-19-22-7-5-8-24(18-22)32(33,34)35/h3-13,18,27H,14-17,19-20H2,1-2H3,(H,36,39). The zero-order valence-corrected chi connectivity index (χ0v) is 23.8. The number of likely N-dealkylation sites (tertiary alicyclic amines) is 1. The number of piperidine rings is 1. The average Bonchev–Trinajstić information content (AvgIpc) is 3.38. The first-order valence-corrected chi connectivity index (χ1v) is 13.9. The Hall–Kier alpha value is -4.38. The Labute approximate surface area is 247 Å². The van der Waals surface area contributed by atoms with Gasteiger partial charge in [-0.2, -0.15) is 13.2 Å². The third kappa shape index (κ3) is 6.22. The van der Waals surface area contributed by atoms with Gasteiger partial charge in [-0.1, -0.05) is 30.3 Å². The molecule has 8 nitrogen and oxygen atoms in total. The number of ether oxygens (including phenoxy) is 2. The number of methoxy groups -OCH3 is 1. The third-order valence-electron chi connectivity index (χ3n) is 8.05. The van der Waals surface area contributed by atoms with Gasteiger partial charge in [0.2, 0.25) is 5.91 Å². The van der Waals surface area contributed by atoms with Crippen molar-refractivity contribution in [3.8, 4) is 5.75 Å². The van der Waals surface area contributed by atoms with E-state index in [1.807, 2.05) is 25.1 Å². The van der Waals surface area contributed by atoms with Crippen molar-refractivity contribution in [1.82, 2.24) is 15.1 Å². The maximum Gasteiger partial charge on any atom is 0.416 e. The third-order valence-corrected chi connectivity index (χ3v) is 8.05. The number of amides is 3. The van der Waals surface area contributed by atoms with Crippen LogP contribution in [0.5, 0.6) is 5.75 Å². The highest BCUT2D eigenvalue weighted by Crippen LogP contribution is 2.39. The van der Waals surface area contributed by atoms with E-state index in [1.54, 1.807) is 35.2 Å². The number of carbonyl (C=O) groups excluding carboxylic acids is 3. The van der Waals surface area contributed by atoms with Gasteiger partial charge in [-0.05, 0) is 60.5 Å². The summed E-state index contributed by atoms with van der Waals surface area (Å²) in [6.07, 6.45) is -3.95. The minimum absolute atomic E-state index is 0.0952. The number of hydrogen-bond acceptors (Lipinski definition) is 5. The molecule has 2 heterocycles. The fourth-order valence-electron chi connectivity index (χ4n) is 5.65. The number of benzene rings is 3. The fourth-order valence-corrected chi connectivity index (χ4v) is 5.65. The lowest BCUT2D eigenvalue weighted by atomic mass is 9.95. The van der Waals surface area contributed by atoms with Crippen molar-refractivity contribution in [3.63, 3.8) is 0 Å². The summed E-state index contributed by atoms with van der Waals surface area (Å²) < 4.78 is 51.0. The lowest BCUT2D eigenvalue weighted by molar-refractivity contribution is -0.137. The molecule has 1 spiro atoms. The molecular weight excluding hydrogens is 563 g/mol. The van der Waals surface area contributed by atoms with Crippen LogP contribution in [-0.2, 0) is 22.3 Å². The number of nitrogens with one attached hydrogen (secondary N) is 1. The minimum Gasteiger partial charge on any atom is -0.497 e. The second-order valence-corrected chi connectivity index (χ2v) is 10.7. The summed E-state index contributed by atoms with van der Waals surface area (Å²) in [5.74, 6) is -0.538. The Bertz CT molecular complexity index is 1500. The first-order valence-electron chi connectivity index (χ1n) is 13.9. The van der Waals surface area contributed by atoms with Crippen molar-refractivity contribution in [2.75, 3.05) is 26.8 Å². The van der Waals surface area contributed by atoms with Crippen molar-refractivity contribution < 1.29 is 37.0 Å². The number of rotatable bonds is 6. The summed E-state index contributed by atoms with van der Waals surface area (Å²) >= 11 is 0. The number of aryl methyl sites for hydroxylation is 1. The number of alkyl halides is 3. The summed E-state index contributed by atoms with van der Waals surface area (Å²) in [7, 11) is 1.51. The molecule has 226 valence electrons. The Morgan fingerprint density at radius 2 is 1.67 bits per heavy atom. The van der Waals surface area contributed by atoms with E-state index in [0.29, 0.717) is 30.0 Å². The second kappa shape index (κ2) is 12.1. The largest absolute Gasteiger partial charge is 0.497 e. The average molecular weight is 596 g/mol. The van der Waals surface area contributed by atoms with Gasteiger partial charge in [-0.25, -0.2) is 0 Å². The van der Waals surface area contributed by atoms with Crippen LogP contribution in [0.2, 0.25) is 0 Å². The lowest BCUT2D eigenvalue weighted by Gasteiger charge is -2.44. The molecule has 0 aliphatic carbocycles. The van der Waals surface area contributed by atoms with Gasteiger partial charge in [0.15, 0.2) is 0 Å². The molecule has 2 saturated heterocycles. The van der Waals surface area contributed by atoms with E-state index in [2.05, 4.69) is 5.32 Å². The van der Waals surface area contributed by atoms with Crippen molar-refractivity contribution in [2.45, 2.75) is 44.3 Å².